The third kappa shape index (κ3) is 2.18. The lowest BCUT2D eigenvalue weighted by Gasteiger charge is -2.31. The Morgan fingerprint density at radius 3 is 2.95 bits per heavy atom. The first-order valence-corrected chi connectivity index (χ1v) is 9.07. The molecule has 1 aromatic heterocycles. The molecule has 1 saturated carbocycles. The monoisotopic (exact) mass is 316 g/mol. The largest absolute Gasteiger partial charge is 0.298 e. The SMILES string of the molecule is CC1CCC2=Cc3c(nc4n(c3=O)CCCCC4)SC2C1=O. The van der Waals surface area contributed by atoms with Crippen molar-refractivity contribution in [3.63, 3.8) is 0 Å². The molecule has 2 aliphatic heterocycles. The molecule has 0 spiro atoms. The number of rotatable bonds is 0. The Kier molecular flexibility index (Phi) is 3.48. The number of hydrogen-bond acceptors (Lipinski definition) is 4. The third-order valence-electron chi connectivity index (χ3n) is 5.04. The Labute approximate surface area is 134 Å². The topological polar surface area (TPSA) is 52.0 Å². The van der Waals surface area contributed by atoms with Crippen molar-refractivity contribution in [2.24, 2.45) is 5.92 Å². The van der Waals surface area contributed by atoms with Gasteiger partial charge in [0, 0.05) is 18.9 Å². The van der Waals surface area contributed by atoms with Crippen molar-refractivity contribution in [1.82, 2.24) is 9.55 Å². The second kappa shape index (κ2) is 5.37. The molecule has 2 unspecified atom stereocenters. The Balaban J connectivity index is 1.83. The standard InChI is InChI=1S/C17H20N2O2S/c1-10-6-7-11-9-12-16(22-15(11)14(10)20)18-13-5-3-2-4-8-19(13)17(12)21/h9-10,15H,2-8H2,1H3. The molecular weight excluding hydrogens is 296 g/mol. The molecule has 3 aliphatic rings. The van der Waals surface area contributed by atoms with E-state index >= 15 is 0 Å². The first kappa shape index (κ1) is 14.2. The molecule has 1 aromatic rings. The fourth-order valence-electron chi connectivity index (χ4n) is 3.63. The van der Waals surface area contributed by atoms with E-state index < -0.39 is 0 Å². The summed E-state index contributed by atoms with van der Waals surface area (Å²) in [6.45, 7) is 2.79. The summed E-state index contributed by atoms with van der Waals surface area (Å²) in [5, 5.41) is 0.659. The maximum Gasteiger partial charge on any atom is 0.261 e. The molecule has 1 aliphatic carbocycles. The summed E-state index contributed by atoms with van der Waals surface area (Å²) in [6, 6.07) is 0. The zero-order chi connectivity index (χ0) is 15.3. The third-order valence-corrected chi connectivity index (χ3v) is 6.34. The predicted molar refractivity (Wildman–Crippen MR) is 87.1 cm³/mol. The van der Waals surface area contributed by atoms with E-state index in [-0.39, 0.29) is 16.7 Å². The highest BCUT2D eigenvalue weighted by Gasteiger charge is 2.37. The van der Waals surface area contributed by atoms with Crippen molar-refractivity contribution >= 4 is 23.6 Å². The van der Waals surface area contributed by atoms with Gasteiger partial charge >= 0.3 is 0 Å². The van der Waals surface area contributed by atoms with E-state index in [2.05, 4.69) is 0 Å². The summed E-state index contributed by atoms with van der Waals surface area (Å²) in [6.07, 6.45) is 7.96. The van der Waals surface area contributed by atoms with Crippen molar-refractivity contribution < 1.29 is 4.79 Å². The van der Waals surface area contributed by atoms with Crippen LogP contribution in [0.1, 0.15) is 50.4 Å². The van der Waals surface area contributed by atoms with Crippen LogP contribution in [0.2, 0.25) is 0 Å². The molecule has 116 valence electrons. The van der Waals surface area contributed by atoms with E-state index in [4.69, 9.17) is 4.98 Å². The number of nitrogens with zero attached hydrogens (tertiary/aromatic N) is 2. The summed E-state index contributed by atoms with van der Waals surface area (Å²) in [5.74, 6) is 1.32. The van der Waals surface area contributed by atoms with Gasteiger partial charge in [-0.3, -0.25) is 14.2 Å². The van der Waals surface area contributed by atoms with Gasteiger partial charge in [0.2, 0.25) is 0 Å². The van der Waals surface area contributed by atoms with Gasteiger partial charge in [-0.1, -0.05) is 25.1 Å². The van der Waals surface area contributed by atoms with Gasteiger partial charge in [-0.2, -0.15) is 0 Å². The zero-order valence-corrected chi connectivity index (χ0v) is 13.6. The number of fused-ring (bicyclic) bond motifs is 3. The maximum atomic E-state index is 12.8. The highest BCUT2D eigenvalue weighted by atomic mass is 32.2. The lowest BCUT2D eigenvalue weighted by atomic mass is 9.84. The van der Waals surface area contributed by atoms with Gasteiger partial charge < -0.3 is 0 Å². The van der Waals surface area contributed by atoms with Gasteiger partial charge in [0.25, 0.3) is 5.56 Å². The molecule has 0 radical (unpaired) electrons. The van der Waals surface area contributed by atoms with Crippen molar-refractivity contribution in [1.29, 1.82) is 0 Å². The number of thioether (sulfide) groups is 1. The van der Waals surface area contributed by atoms with Crippen LogP contribution in [0.4, 0.5) is 0 Å². The number of Topliss-reactive ketones (excluding diaryl/α,β-unsaturated/α-hetero) is 1. The highest BCUT2D eigenvalue weighted by Crippen LogP contribution is 2.42. The molecular formula is C17H20N2O2S. The molecule has 4 nitrogen and oxygen atoms in total. The molecule has 0 amide bonds. The average molecular weight is 316 g/mol. The smallest absolute Gasteiger partial charge is 0.261 e. The molecule has 5 heteroatoms. The summed E-state index contributed by atoms with van der Waals surface area (Å²) in [5.41, 5.74) is 1.92. The Morgan fingerprint density at radius 2 is 2.09 bits per heavy atom. The normalized spacial score (nSPS) is 27.3. The van der Waals surface area contributed by atoms with E-state index in [0.29, 0.717) is 11.3 Å². The van der Waals surface area contributed by atoms with Crippen molar-refractivity contribution in [3.05, 3.63) is 27.3 Å². The van der Waals surface area contributed by atoms with Crippen LogP contribution >= 0.6 is 11.8 Å². The van der Waals surface area contributed by atoms with Crippen LogP contribution in [0, 0.1) is 5.92 Å². The van der Waals surface area contributed by atoms with Crippen molar-refractivity contribution in [2.75, 3.05) is 0 Å². The fraction of sp³-hybridized carbons (Fsp3) is 0.588. The molecule has 4 rings (SSSR count). The number of carbonyl (C=O) groups excluding carboxylic acids is 1. The first-order valence-electron chi connectivity index (χ1n) is 8.19. The Hall–Kier alpha value is -1.36. The summed E-state index contributed by atoms with van der Waals surface area (Å²) in [4.78, 5) is 30.0. The van der Waals surface area contributed by atoms with Crippen LogP contribution in [0.5, 0.6) is 0 Å². The van der Waals surface area contributed by atoms with E-state index in [1.165, 1.54) is 11.8 Å². The van der Waals surface area contributed by atoms with Gasteiger partial charge in [0.15, 0.2) is 5.78 Å². The maximum absolute atomic E-state index is 12.8. The van der Waals surface area contributed by atoms with Gasteiger partial charge in [-0.15, -0.1) is 0 Å². The summed E-state index contributed by atoms with van der Waals surface area (Å²) >= 11 is 1.50. The van der Waals surface area contributed by atoms with Crippen LogP contribution in [-0.4, -0.2) is 20.6 Å². The first-order chi connectivity index (χ1) is 10.6. The van der Waals surface area contributed by atoms with E-state index in [9.17, 15) is 9.59 Å². The molecule has 2 atom stereocenters. The zero-order valence-electron chi connectivity index (χ0n) is 12.8. The van der Waals surface area contributed by atoms with E-state index in [1.54, 1.807) is 0 Å². The van der Waals surface area contributed by atoms with E-state index in [1.807, 2.05) is 17.6 Å². The minimum absolute atomic E-state index is 0.0893. The van der Waals surface area contributed by atoms with E-state index in [0.717, 1.165) is 61.5 Å². The van der Waals surface area contributed by atoms with Gasteiger partial charge in [0.1, 0.15) is 10.9 Å². The average Bonchev–Trinajstić information content (AvgIpc) is 2.76. The summed E-state index contributed by atoms with van der Waals surface area (Å²) in [7, 11) is 0. The van der Waals surface area contributed by atoms with Crippen molar-refractivity contribution in [3.8, 4) is 0 Å². The molecule has 22 heavy (non-hydrogen) atoms. The molecule has 0 bridgehead atoms. The minimum Gasteiger partial charge on any atom is -0.298 e. The second-order valence-electron chi connectivity index (χ2n) is 6.57. The molecule has 0 aromatic carbocycles. The Bertz CT molecular complexity index is 735. The molecule has 0 N–H and O–H groups in total. The predicted octanol–water partition coefficient (Wildman–Crippen LogP) is 2.83. The lowest BCUT2D eigenvalue weighted by molar-refractivity contribution is -0.122. The molecule has 3 heterocycles. The van der Waals surface area contributed by atoms with Gasteiger partial charge in [-0.25, -0.2) is 4.98 Å². The minimum atomic E-state index is -0.114. The fourth-order valence-corrected chi connectivity index (χ4v) is 4.97. The molecule has 1 fully saturated rings. The highest BCUT2D eigenvalue weighted by molar-refractivity contribution is 8.00. The molecule has 0 saturated heterocycles. The number of aryl methyl sites for hydroxylation is 1. The van der Waals surface area contributed by atoms with Gasteiger partial charge in [-0.05, 0) is 37.3 Å². The second-order valence-corrected chi connectivity index (χ2v) is 7.67. The van der Waals surface area contributed by atoms with Gasteiger partial charge in [0.05, 0.1) is 10.8 Å². The van der Waals surface area contributed by atoms with Crippen LogP contribution in [-0.2, 0) is 17.8 Å². The number of carbonyl (C=O) groups is 1. The van der Waals surface area contributed by atoms with Crippen LogP contribution in [0.3, 0.4) is 0 Å². The Morgan fingerprint density at radius 1 is 1.23 bits per heavy atom. The van der Waals surface area contributed by atoms with Crippen LogP contribution in [0.25, 0.3) is 6.08 Å². The number of ketones is 1. The lowest BCUT2D eigenvalue weighted by Crippen LogP contribution is -2.35. The van der Waals surface area contributed by atoms with Crippen LogP contribution < -0.4 is 5.56 Å². The number of aromatic nitrogens is 2. The number of hydrogen-bond donors (Lipinski definition) is 0. The summed E-state index contributed by atoms with van der Waals surface area (Å²) < 4.78 is 1.86. The van der Waals surface area contributed by atoms with Crippen molar-refractivity contribution in [2.45, 2.75) is 62.3 Å². The quantitative estimate of drug-likeness (QED) is 0.691. The van der Waals surface area contributed by atoms with Crippen LogP contribution in [0.15, 0.2) is 15.4 Å².